The Morgan fingerprint density at radius 2 is 1.40 bits per heavy atom. The molecule has 3 aromatic rings. The molecule has 0 fully saturated rings. The summed E-state index contributed by atoms with van der Waals surface area (Å²) >= 11 is 11.9. The lowest BCUT2D eigenvalue weighted by Crippen LogP contribution is -2.18. The van der Waals surface area contributed by atoms with Crippen LogP contribution in [0.2, 0.25) is 10.0 Å². The zero-order valence-electron chi connectivity index (χ0n) is 15.4. The number of nitrogens with zero attached hydrogens (tertiary/aromatic N) is 1. The first-order valence-electron chi connectivity index (χ1n) is 8.64. The Kier molecular flexibility index (Phi) is 6.48. The number of hydrogen-bond acceptors (Lipinski definition) is 4. The van der Waals surface area contributed by atoms with Gasteiger partial charge in [0.1, 0.15) is 11.8 Å². The highest BCUT2D eigenvalue weighted by molar-refractivity contribution is 6.31. The van der Waals surface area contributed by atoms with Gasteiger partial charge in [0, 0.05) is 26.9 Å². The molecule has 0 spiro atoms. The first-order chi connectivity index (χ1) is 14.4. The van der Waals surface area contributed by atoms with Crippen molar-refractivity contribution in [2.45, 2.75) is 0 Å². The molecule has 148 valence electrons. The van der Waals surface area contributed by atoms with E-state index < -0.39 is 11.8 Å². The average Bonchev–Trinajstić information content (AvgIpc) is 2.76. The molecule has 0 aromatic heterocycles. The van der Waals surface area contributed by atoms with Gasteiger partial charge in [-0.3, -0.25) is 15.0 Å². The molecule has 0 aliphatic heterocycles. The molecule has 0 saturated heterocycles. The quantitative estimate of drug-likeness (QED) is 0.466. The Bertz CT molecular complexity index is 1170. The van der Waals surface area contributed by atoms with Gasteiger partial charge in [0.15, 0.2) is 0 Å². The van der Waals surface area contributed by atoms with Gasteiger partial charge < -0.3 is 10.6 Å². The predicted octanol–water partition coefficient (Wildman–Crippen LogP) is 5.39. The van der Waals surface area contributed by atoms with Crippen molar-refractivity contribution in [3.63, 3.8) is 0 Å². The Hall–Kier alpha value is -3.66. The molecule has 0 saturated carbocycles. The van der Waals surface area contributed by atoms with Crippen LogP contribution in [0.25, 0.3) is 0 Å². The molecule has 3 rings (SSSR count). The fraction of sp³-hybridized carbons (Fsp3) is 0. The van der Waals surface area contributed by atoms with Crippen LogP contribution in [0, 0.1) is 16.7 Å². The molecule has 0 unspecified atom stereocenters. The number of benzene rings is 3. The van der Waals surface area contributed by atoms with Crippen molar-refractivity contribution >= 4 is 52.1 Å². The summed E-state index contributed by atoms with van der Waals surface area (Å²) in [5.41, 5.74) is 1.53. The molecular formula is C22H14Cl2N4O2. The van der Waals surface area contributed by atoms with Crippen LogP contribution in [0.4, 0.5) is 11.4 Å². The number of hydrogen-bond donors (Lipinski definition) is 3. The number of rotatable bonds is 5. The van der Waals surface area contributed by atoms with E-state index in [0.717, 1.165) is 0 Å². The molecule has 3 N–H and O–H groups in total. The molecule has 0 radical (unpaired) electrons. The zero-order valence-corrected chi connectivity index (χ0v) is 16.9. The number of carbonyl (C=O) groups is 2. The highest BCUT2D eigenvalue weighted by Gasteiger charge is 2.16. The maximum atomic E-state index is 12.7. The molecule has 30 heavy (non-hydrogen) atoms. The van der Waals surface area contributed by atoms with Crippen LogP contribution in [0.15, 0.2) is 66.7 Å². The monoisotopic (exact) mass is 436 g/mol. The molecule has 6 nitrogen and oxygen atoms in total. The van der Waals surface area contributed by atoms with E-state index in [0.29, 0.717) is 26.9 Å². The van der Waals surface area contributed by atoms with Crippen molar-refractivity contribution in [2.75, 3.05) is 10.6 Å². The standard InChI is InChI=1S/C22H14Cl2N4O2/c23-15-5-8-17(9-6-15)27-22(30)18-11-16(24)7-10-20(18)28-21(29)14-3-1-13(2-4-14)19(26)12-25/h1-11,26H,(H,27,30)(H,28,29). The number of nitrogens with one attached hydrogen (secondary N) is 3. The summed E-state index contributed by atoms with van der Waals surface area (Å²) < 4.78 is 0. The van der Waals surface area contributed by atoms with E-state index in [1.807, 2.05) is 0 Å². The highest BCUT2D eigenvalue weighted by Crippen LogP contribution is 2.23. The van der Waals surface area contributed by atoms with Crippen LogP contribution in [-0.4, -0.2) is 17.5 Å². The topological polar surface area (TPSA) is 106 Å². The molecule has 0 aliphatic rings. The molecule has 8 heteroatoms. The normalized spacial score (nSPS) is 10.0. The zero-order chi connectivity index (χ0) is 21.7. The number of halogens is 2. The maximum Gasteiger partial charge on any atom is 0.257 e. The third-order valence-corrected chi connectivity index (χ3v) is 4.61. The first-order valence-corrected chi connectivity index (χ1v) is 9.40. The fourth-order valence-corrected chi connectivity index (χ4v) is 2.89. The van der Waals surface area contributed by atoms with Gasteiger partial charge in [-0.2, -0.15) is 5.26 Å². The molecule has 0 aliphatic carbocycles. The van der Waals surface area contributed by atoms with E-state index in [-0.39, 0.29) is 17.0 Å². The molecule has 3 aromatic carbocycles. The second-order valence-corrected chi connectivity index (χ2v) is 7.04. The third kappa shape index (κ3) is 5.03. The van der Waals surface area contributed by atoms with Gasteiger partial charge in [-0.25, -0.2) is 0 Å². The van der Waals surface area contributed by atoms with E-state index in [2.05, 4.69) is 10.6 Å². The average molecular weight is 437 g/mol. The first kappa shape index (κ1) is 21.1. The largest absolute Gasteiger partial charge is 0.322 e. The van der Waals surface area contributed by atoms with Crippen molar-refractivity contribution in [1.82, 2.24) is 0 Å². The lowest BCUT2D eigenvalue weighted by molar-refractivity contribution is 0.102. The third-order valence-electron chi connectivity index (χ3n) is 4.12. The summed E-state index contributed by atoms with van der Waals surface area (Å²) in [6, 6.07) is 18.9. The van der Waals surface area contributed by atoms with Crippen LogP contribution in [-0.2, 0) is 0 Å². The summed E-state index contributed by atoms with van der Waals surface area (Å²) in [7, 11) is 0. The van der Waals surface area contributed by atoms with E-state index in [4.69, 9.17) is 33.9 Å². The van der Waals surface area contributed by atoms with Crippen LogP contribution in [0.1, 0.15) is 26.3 Å². The van der Waals surface area contributed by atoms with Crippen molar-refractivity contribution < 1.29 is 9.59 Å². The van der Waals surface area contributed by atoms with Crippen molar-refractivity contribution in [1.29, 1.82) is 10.7 Å². The summed E-state index contributed by atoms with van der Waals surface area (Å²) in [4.78, 5) is 25.3. The molecule has 2 amide bonds. The summed E-state index contributed by atoms with van der Waals surface area (Å²) in [6.07, 6.45) is 0. The maximum absolute atomic E-state index is 12.7. The molecular weight excluding hydrogens is 423 g/mol. The highest BCUT2D eigenvalue weighted by atomic mass is 35.5. The van der Waals surface area contributed by atoms with E-state index in [1.165, 1.54) is 36.4 Å². The second-order valence-electron chi connectivity index (χ2n) is 6.17. The smallest absolute Gasteiger partial charge is 0.257 e. The SMILES string of the molecule is N#CC(=N)c1ccc(C(=O)Nc2ccc(Cl)cc2C(=O)Nc2ccc(Cl)cc2)cc1. The van der Waals surface area contributed by atoms with Gasteiger partial charge in [-0.15, -0.1) is 0 Å². The van der Waals surface area contributed by atoms with E-state index in [9.17, 15) is 9.59 Å². The summed E-state index contributed by atoms with van der Waals surface area (Å²) in [5.74, 6) is -0.902. The minimum Gasteiger partial charge on any atom is -0.322 e. The lowest BCUT2D eigenvalue weighted by atomic mass is 10.1. The minimum atomic E-state index is -0.451. The number of anilines is 2. The second kappa shape index (κ2) is 9.23. The van der Waals surface area contributed by atoms with Crippen molar-refractivity contribution in [3.8, 4) is 6.07 Å². The van der Waals surface area contributed by atoms with Gasteiger partial charge >= 0.3 is 0 Å². The molecule has 0 bridgehead atoms. The summed E-state index contributed by atoms with van der Waals surface area (Å²) in [6.45, 7) is 0. The van der Waals surface area contributed by atoms with E-state index in [1.54, 1.807) is 36.4 Å². The van der Waals surface area contributed by atoms with E-state index >= 15 is 0 Å². The predicted molar refractivity (Wildman–Crippen MR) is 118 cm³/mol. The van der Waals surface area contributed by atoms with Crippen molar-refractivity contribution in [3.05, 3.63) is 93.5 Å². The van der Waals surface area contributed by atoms with Gasteiger partial charge in [0.25, 0.3) is 11.8 Å². The van der Waals surface area contributed by atoms with Crippen molar-refractivity contribution in [2.24, 2.45) is 0 Å². The van der Waals surface area contributed by atoms with Gasteiger partial charge in [0.05, 0.1) is 11.3 Å². The lowest BCUT2D eigenvalue weighted by Gasteiger charge is -2.12. The Labute approximate surface area is 182 Å². The van der Waals surface area contributed by atoms with Gasteiger partial charge in [0.2, 0.25) is 0 Å². The fourth-order valence-electron chi connectivity index (χ4n) is 2.59. The molecule has 0 heterocycles. The van der Waals surface area contributed by atoms with Crippen LogP contribution >= 0.6 is 23.2 Å². The van der Waals surface area contributed by atoms with Crippen LogP contribution < -0.4 is 10.6 Å². The molecule has 0 atom stereocenters. The van der Waals surface area contributed by atoms with Gasteiger partial charge in [-0.05, 0) is 54.6 Å². The minimum absolute atomic E-state index is 0.189. The van der Waals surface area contributed by atoms with Crippen LogP contribution in [0.5, 0.6) is 0 Å². The number of carbonyl (C=O) groups excluding carboxylic acids is 2. The van der Waals surface area contributed by atoms with Crippen LogP contribution in [0.3, 0.4) is 0 Å². The number of amides is 2. The Morgan fingerprint density at radius 3 is 2.03 bits per heavy atom. The Morgan fingerprint density at radius 1 is 0.800 bits per heavy atom. The Balaban J connectivity index is 1.81. The summed E-state index contributed by atoms with van der Waals surface area (Å²) in [5, 5.41) is 22.6. The van der Waals surface area contributed by atoms with Gasteiger partial charge in [-0.1, -0.05) is 35.3 Å². The number of nitriles is 1.